The molecule has 14 heavy (non-hydrogen) atoms. The van der Waals surface area contributed by atoms with E-state index in [1.54, 1.807) is 0 Å². The Hall–Kier alpha value is -1.26. The van der Waals surface area contributed by atoms with Crippen LogP contribution in [0.25, 0.3) is 0 Å². The lowest BCUT2D eigenvalue weighted by atomic mass is 10.2. The van der Waals surface area contributed by atoms with Gasteiger partial charge in [-0.05, 0) is 19.3 Å². The second kappa shape index (κ2) is 4.30. The van der Waals surface area contributed by atoms with Crippen molar-refractivity contribution in [3.63, 3.8) is 0 Å². The molecule has 0 aromatic carbocycles. The lowest BCUT2D eigenvalue weighted by molar-refractivity contribution is -0.123. The normalized spacial score (nSPS) is 28.3. The molecule has 0 spiro atoms. The zero-order valence-electron chi connectivity index (χ0n) is 8.53. The number of oxime groups is 1. The third kappa shape index (κ3) is 2.90. The molecule has 3 atom stereocenters. The number of nitrogens with one attached hydrogen (secondary N) is 1. The fraction of sp³-hybridized carbons (Fsp3) is 0.778. The lowest BCUT2D eigenvalue weighted by Gasteiger charge is -2.12. The highest BCUT2D eigenvalue weighted by Crippen LogP contribution is 2.37. The molecule has 4 N–H and O–H groups in total. The van der Waals surface area contributed by atoms with Crippen LogP contribution in [0, 0.1) is 11.8 Å². The van der Waals surface area contributed by atoms with Gasteiger partial charge in [-0.2, -0.15) is 0 Å². The number of nitrogens with two attached hydrogens (primary N) is 1. The first-order chi connectivity index (χ1) is 6.54. The summed E-state index contributed by atoms with van der Waals surface area (Å²) in [5.74, 6) is 0.896. The van der Waals surface area contributed by atoms with Gasteiger partial charge in [-0.1, -0.05) is 12.1 Å². The Balaban J connectivity index is 2.26. The van der Waals surface area contributed by atoms with E-state index >= 15 is 0 Å². The Morgan fingerprint density at radius 3 is 2.79 bits per heavy atom. The van der Waals surface area contributed by atoms with Gasteiger partial charge in [0, 0.05) is 18.4 Å². The molecule has 80 valence electrons. The Morgan fingerprint density at radius 1 is 1.79 bits per heavy atom. The average molecular weight is 199 g/mol. The first-order valence-electron chi connectivity index (χ1n) is 4.81. The molecule has 0 aliphatic heterocycles. The molecule has 3 unspecified atom stereocenters. The van der Waals surface area contributed by atoms with Crippen LogP contribution < -0.4 is 11.1 Å². The summed E-state index contributed by atoms with van der Waals surface area (Å²) < 4.78 is 0. The summed E-state index contributed by atoms with van der Waals surface area (Å²) >= 11 is 0. The van der Waals surface area contributed by atoms with Gasteiger partial charge < -0.3 is 16.3 Å². The number of rotatable bonds is 4. The Morgan fingerprint density at radius 2 is 2.36 bits per heavy atom. The van der Waals surface area contributed by atoms with E-state index in [-0.39, 0.29) is 23.7 Å². The molecule has 5 heteroatoms. The maximum atomic E-state index is 11.4. The molecule has 1 fully saturated rings. The van der Waals surface area contributed by atoms with Gasteiger partial charge >= 0.3 is 0 Å². The summed E-state index contributed by atoms with van der Waals surface area (Å²) in [5.41, 5.74) is 5.32. The van der Waals surface area contributed by atoms with Crippen molar-refractivity contribution in [1.29, 1.82) is 0 Å². The standard InChI is InChI=1S/C9H17N3O2/c1-5-3-7(5)9(13)11-6(2)4-8(10)12-14/h5-7,14H,3-4H2,1-2H3,(H2,10,12)(H,11,13). The van der Waals surface area contributed by atoms with Crippen molar-refractivity contribution in [3.05, 3.63) is 0 Å². The zero-order valence-corrected chi connectivity index (χ0v) is 8.53. The van der Waals surface area contributed by atoms with Crippen molar-refractivity contribution < 1.29 is 10.0 Å². The quantitative estimate of drug-likeness (QED) is 0.263. The summed E-state index contributed by atoms with van der Waals surface area (Å²) in [4.78, 5) is 11.4. The Bertz CT molecular complexity index is 252. The van der Waals surface area contributed by atoms with E-state index in [9.17, 15) is 4.79 Å². The largest absolute Gasteiger partial charge is 0.409 e. The third-order valence-corrected chi connectivity index (χ3v) is 2.48. The zero-order chi connectivity index (χ0) is 10.7. The molecule has 1 rings (SSSR count). The van der Waals surface area contributed by atoms with E-state index in [0.717, 1.165) is 6.42 Å². The topological polar surface area (TPSA) is 87.7 Å². The van der Waals surface area contributed by atoms with Crippen molar-refractivity contribution >= 4 is 11.7 Å². The monoisotopic (exact) mass is 199 g/mol. The molecule has 0 heterocycles. The number of nitrogens with zero attached hydrogens (tertiary/aromatic N) is 1. The van der Waals surface area contributed by atoms with Gasteiger partial charge in [0.15, 0.2) is 0 Å². The van der Waals surface area contributed by atoms with Crippen LogP contribution in [0.3, 0.4) is 0 Å². The summed E-state index contributed by atoms with van der Waals surface area (Å²) in [6.45, 7) is 3.89. The Labute approximate surface area is 83.3 Å². The van der Waals surface area contributed by atoms with Crippen LogP contribution in [0.2, 0.25) is 0 Å². The summed E-state index contributed by atoms with van der Waals surface area (Å²) in [6, 6.07) is -0.0776. The van der Waals surface area contributed by atoms with Crippen molar-refractivity contribution in [2.75, 3.05) is 0 Å². The minimum absolute atomic E-state index is 0.0776. The van der Waals surface area contributed by atoms with Gasteiger partial charge in [0.1, 0.15) is 5.84 Å². The van der Waals surface area contributed by atoms with Crippen molar-refractivity contribution in [2.24, 2.45) is 22.7 Å². The highest BCUT2D eigenvalue weighted by molar-refractivity contribution is 5.84. The Kier molecular flexibility index (Phi) is 3.33. The molecule has 1 aliphatic carbocycles. The van der Waals surface area contributed by atoms with Crippen LogP contribution in [0.5, 0.6) is 0 Å². The molecule has 0 saturated heterocycles. The maximum Gasteiger partial charge on any atom is 0.223 e. The van der Waals surface area contributed by atoms with Gasteiger partial charge in [0.25, 0.3) is 0 Å². The van der Waals surface area contributed by atoms with Gasteiger partial charge in [-0.3, -0.25) is 4.79 Å². The number of amides is 1. The number of amidine groups is 1. The van der Waals surface area contributed by atoms with Crippen LogP contribution >= 0.6 is 0 Å². The number of carbonyl (C=O) groups is 1. The summed E-state index contributed by atoms with van der Waals surface area (Å²) in [6.07, 6.45) is 1.35. The van der Waals surface area contributed by atoms with Gasteiger partial charge in [0.05, 0.1) is 0 Å². The molecule has 0 aromatic rings. The second-order valence-electron chi connectivity index (χ2n) is 4.02. The molecule has 1 amide bonds. The highest BCUT2D eigenvalue weighted by Gasteiger charge is 2.39. The fourth-order valence-corrected chi connectivity index (χ4v) is 1.44. The molecule has 1 aliphatic rings. The van der Waals surface area contributed by atoms with Gasteiger partial charge in [-0.25, -0.2) is 0 Å². The van der Waals surface area contributed by atoms with Gasteiger partial charge in [0.2, 0.25) is 5.91 Å². The minimum Gasteiger partial charge on any atom is -0.409 e. The predicted octanol–water partition coefficient (Wildman–Crippen LogP) is 0.284. The molecule has 0 bridgehead atoms. The third-order valence-electron chi connectivity index (χ3n) is 2.48. The first kappa shape index (κ1) is 10.8. The molecular formula is C9H17N3O2. The predicted molar refractivity (Wildman–Crippen MR) is 52.9 cm³/mol. The molecule has 1 saturated carbocycles. The first-order valence-corrected chi connectivity index (χ1v) is 4.81. The van der Waals surface area contributed by atoms with Crippen LogP contribution in [-0.4, -0.2) is 23.0 Å². The molecular weight excluding hydrogens is 182 g/mol. The van der Waals surface area contributed by atoms with E-state index in [4.69, 9.17) is 10.9 Å². The number of carbonyl (C=O) groups excluding carboxylic acids is 1. The van der Waals surface area contributed by atoms with E-state index in [2.05, 4.69) is 17.4 Å². The smallest absolute Gasteiger partial charge is 0.223 e. The van der Waals surface area contributed by atoms with Crippen LogP contribution in [0.1, 0.15) is 26.7 Å². The summed E-state index contributed by atoms with van der Waals surface area (Å²) in [7, 11) is 0. The summed E-state index contributed by atoms with van der Waals surface area (Å²) in [5, 5.41) is 14.0. The molecule has 0 aromatic heterocycles. The second-order valence-corrected chi connectivity index (χ2v) is 4.02. The lowest BCUT2D eigenvalue weighted by Crippen LogP contribution is -2.36. The number of hydrogen-bond donors (Lipinski definition) is 3. The van der Waals surface area contributed by atoms with Crippen LogP contribution in [0.4, 0.5) is 0 Å². The van der Waals surface area contributed by atoms with Crippen molar-refractivity contribution in [3.8, 4) is 0 Å². The highest BCUT2D eigenvalue weighted by atomic mass is 16.4. The van der Waals surface area contributed by atoms with Crippen LogP contribution in [-0.2, 0) is 4.79 Å². The van der Waals surface area contributed by atoms with Crippen molar-refractivity contribution in [1.82, 2.24) is 5.32 Å². The average Bonchev–Trinajstić information content (AvgIpc) is 2.82. The maximum absolute atomic E-state index is 11.4. The van der Waals surface area contributed by atoms with E-state index in [1.807, 2.05) is 6.92 Å². The number of hydrogen-bond acceptors (Lipinski definition) is 3. The fourth-order valence-electron chi connectivity index (χ4n) is 1.44. The minimum atomic E-state index is -0.0776. The van der Waals surface area contributed by atoms with Gasteiger partial charge in [-0.15, -0.1) is 0 Å². The molecule has 0 radical (unpaired) electrons. The van der Waals surface area contributed by atoms with E-state index < -0.39 is 0 Å². The van der Waals surface area contributed by atoms with E-state index in [0.29, 0.717) is 12.3 Å². The van der Waals surface area contributed by atoms with Crippen LogP contribution in [0.15, 0.2) is 5.16 Å². The van der Waals surface area contributed by atoms with E-state index in [1.165, 1.54) is 0 Å². The van der Waals surface area contributed by atoms with Crippen molar-refractivity contribution in [2.45, 2.75) is 32.7 Å². The SMILES string of the molecule is CC(CC(N)=NO)NC(=O)C1CC1C. The molecule has 5 nitrogen and oxygen atoms in total.